The molecule has 1 aromatic carbocycles. The SMILES string of the molecule is CCCC[C@H](NC(=O)C(=O)CCCCc1ccc(OC)cc1)C(=O)NCC(=O)OC(C)(C)C. The number of ether oxygens (including phenoxy) is 2. The number of rotatable bonds is 14. The van der Waals surface area contributed by atoms with Crippen LogP contribution in [0.4, 0.5) is 0 Å². The van der Waals surface area contributed by atoms with Crippen LogP contribution in [0.25, 0.3) is 0 Å². The van der Waals surface area contributed by atoms with Crippen molar-refractivity contribution in [3.05, 3.63) is 29.8 Å². The minimum Gasteiger partial charge on any atom is -0.497 e. The summed E-state index contributed by atoms with van der Waals surface area (Å²) < 4.78 is 10.3. The van der Waals surface area contributed by atoms with Gasteiger partial charge in [-0.2, -0.15) is 0 Å². The molecule has 0 aliphatic carbocycles. The Kier molecular flexibility index (Phi) is 12.2. The van der Waals surface area contributed by atoms with Gasteiger partial charge in [-0.05, 0) is 64.2 Å². The molecule has 0 radical (unpaired) electrons. The number of hydrogen-bond donors (Lipinski definition) is 2. The summed E-state index contributed by atoms with van der Waals surface area (Å²) in [6.45, 7) is 6.87. The Hall–Kier alpha value is -2.90. The smallest absolute Gasteiger partial charge is 0.325 e. The molecule has 2 N–H and O–H groups in total. The molecule has 33 heavy (non-hydrogen) atoms. The van der Waals surface area contributed by atoms with Crippen molar-refractivity contribution in [1.29, 1.82) is 0 Å². The topological polar surface area (TPSA) is 111 Å². The molecule has 2 amide bonds. The Morgan fingerprint density at radius 2 is 1.67 bits per heavy atom. The molecular weight excluding hydrogens is 424 g/mol. The quantitative estimate of drug-likeness (QED) is 0.250. The van der Waals surface area contributed by atoms with Gasteiger partial charge in [0.2, 0.25) is 11.7 Å². The average molecular weight is 463 g/mol. The predicted molar refractivity (Wildman–Crippen MR) is 126 cm³/mol. The Bertz CT molecular complexity index is 783. The highest BCUT2D eigenvalue weighted by molar-refractivity contribution is 6.36. The lowest BCUT2D eigenvalue weighted by Gasteiger charge is -2.21. The van der Waals surface area contributed by atoms with Gasteiger partial charge in [-0.3, -0.25) is 19.2 Å². The normalized spacial score (nSPS) is 11.9. The van der Waals surface area contributed by atoms with Gasteiger partial charge in [0.05, 0.1) is 7.11 Å². The van der Waals surface area contributed by atoms with E-state index >= 15 is 0 Å². The number of benzene rings is 1. The van der Waals surface area contributed by atoms with Gasteiger partial charge < -0.3 is 20.1 Å². The van der Waals surface area contributed by atoms with E-state index in [4.69, 9.17) is 9.47 Å². The van der Waals surface area contributed by atoms with Crippen molar-refractivity contribution in [2.45, 2.75) is 84.3 Å². The minimum atomic E-state index is -0.872. The molecule has 1 aromatic rings. The maximum Gasteiger partial charge on any atom is 0.325 e. The summed E-state index contributed by atoms with van der Waals surface area (Å²) >= 11 is 0. The van der Waals surface area contributed by atoms with Gasteiger partial charge in [0.25, 0.3) is 5.91 Å². The van der Waals surface area contributed by atoms with Gasteiger partial charge in [-0.15, -0.1) is 0 Å². The summed E-state index contributed by atoms with van der Waals surface area (Å²) in [5, 5.41) is 5.02. The Balaban J connectivity index is 2.47. The molecule has 1 atom stereocenters. The monoisotopic (exact) mass is 462 g/mol. The number of Topliss-reactive ketones (excluding diaryl/α,β-unsaturated/α-hetero) is 1. The van der Waals surface area contributed by atoms with Crippen LogP contribution < -0.4 is 15.4 Å². The van der Waals surface area contributed by atoms with Crippen LogP contribution in [0.1, 0.15) is 71.8 Å². The van der Waals surface area contributed by atoms with Crippen molar-refractivity contribution in [1.82, 2.24) is 10.6 Å². The molecule has 8 nitrogen and oxygen atoms in total. The molecule has 0 fully saturated rings. The van der Waals surface area contributed by atoms with E-state index in [0.717, 1.165) is 30.6 Å². The van der Waals surface area contributed by atoms with Crippen LogP contribution in [0.2, 0.25) is 0 Å². The lowest BCUT2D eigenvalue weighted by Crippen LogP contribution is -2.50. The molecule has 0 unspecified atom stereocenters. The largest absolute Gasteiger partial charge is 0.497 e. The third-order valence-electron chi connectivity index (χ3n) is 4.83. The van der Waals surface area contributed by atoms with Crippen LogP contribution >= 0.6 is 0 Å². The fraction of sp³-hybridized carbons (Fsp3) is 0.600. The molecule has 0 heterocycles. The second-order valence-corrected chi connectivity index (χ2v) is 8.95. The molecule has 0 bridgehead atoms. The van der Waals surface area contributed by atoms with Crippen molar-refractivity contribution >= 4 is 23.6 Å². The predicted octanol–water partition coefficient (Wildman–Crippen LogP) is 3.11. The van der Waals surface area contributed by atoms with Crippen LogP contribution in [-0.4, -0.2) is 48.9 Å². The number of carbonyl (C=O) groups is 4. The lowest BCUT2D eigenvalue weighted by molar-refractivity contribution is -0.154. The maximum absolute atomic E-state index is 12.5. The molecule has 1 rings (SSSR count). The number of nitrogens with one attached hydrogen (secondary N) is 2. The zero-order valence-corrected chi connectivity index (χ0v) is 20.5. The van der Waals surface area contributed by atoms with E-state index in [1.807, 2.05) is 31.2 Å². The number of aryl methyl sites for hydroxylation is 1. The first-order valence-electron chi connectivity index (χ1n) is 11.5. The Labute approximate surface area is 196 Å². The van der Waals surface area contributed by atoms with Gasteiger partial charge >= 0.3 is 5.97 Å². The Morgan fingerprint density at radius 1 is 1.00 bits per heavy atom. The van der Waals surface area contributed by atoms with E-state index in [-0.39, 0.29) is 13.0 Å². The number of esters is 1. The molecular formula is C25H38N2O6. The van der Waals surface area contributed by atoms with Crippen molar-refractivity contribution in [3.8, 4) is 5.75 Å². The number of unbranched alkanes of at least 4 members (excludes halogenated alkanes) is 2. The van der Waals surface area contributed by atoms with Crippen molar-refractivity contribution in [2.75, 3.05) is 13.7 Å². The van der Waals surface area contributed by atoms with Crippen LogP contribution in [0, 0.1) is 0 Å². The first kappa shape index (κ1) is 28.1. The summed E-state index contributed by atoms with van der Waals surface area (Å²) in [7, 11) is 1.61. The molecule has 0 aliphatic rings. The van der Waals surface area contributed by atoms with E-state index in [0.29, 0.717) is 19.3 Å². The van der Waals surface area contributed by atoms with E-state index in [2.05, 4.69) is 10.6 Å². The zero-order chi connectivity index (χ0) is 24.9. The van der Waals surface area contributed by atoms with Gasteiger partial charge in [-0.25, -0.2) is 0 Å². The highest BCUT2D eigenvalue weighted by atomic mass is 16.6. The average Bonchev–Trinajstić information content (AvgIpc) is 2.76. The van der Waals surface area contributed by atoms with Crippen LogP contribution in [0.5, 0.6) is 5.75 Å². The van der Waals surface area contributed by atoms with Crippen molar-refractivity contribution < 1.29 is 28.7 Å². The number of carbonyl (C=O) groups excluding carboxylic acids is 4. The maximum atomic E-state index is 12.5. The van der Waals surface area contributed by atoms with Crippen molar-refractivity contribution in [2.24, 2.45) is 0 Å². The highest BCUT2D eigenvalue weighted by Gasteiger charge is 2.24. The van der Waals surface area contributed by atoms with Crippen molar-refractivity contribution in [3.63, 3.8) is 0 Å². The first-order chi connectivity index (χ1) is 15.6. The van der Waals surface area contributed by atoms with Crippen LogP contribution in [0.15, 0.2) is 24.3 Å². The molecule has 0 spiro atoms. The van der Waals surface area contributed by atoms with Gasteiger partial charge in [0, 0.05) is 6.42 Å². The second kappa shape index (κ2) is 14.3. The van der Waals surface area contributed by atoms with E-state index < -0.39 is 35.2 Å². The molecule has 184 valence electrons. The summed E-state index contributed by atoms with van der Waals surface area (Å²) in [6, 6.07) is 6.85. The third kappa shape index (κ3) is 12.1. The molecule has 8 heteroatoms. The molecule has 0 saturated carbocycles. The fourth-order valence-electron chi connectivity index (χ4n) is 3.10. The lowest BCUT2D eigenvalue weighted by atomic mass is 10.0. The number of methoxy groups -OCH3 is 1. The number of ketones is 1. The first-order valence-corrected chi connectivity index (χ1v) is 11.5. The number of amides is 2. The zero-order valence-electron chi connectivity index (χ0n) is 20.5. The van der Waals surface area contributed by atoms with Gasteiger partial charge in [-0.1, -0.05) is 31.9 Å². The number of hydrogen-bond acceptors (Lipinski definition) is 6. The molecule has 0 aromatic heterocycles. The van der Waals surface area contributed by atoms with Gasteiger partial charge in [0.1, 0.15) is 23.9 Å². The summed E-state index contributed by atoms with van der Waals surface area (Å²) in [5.74, 6) is -1.60. The van der Waals surface area contributed by atoms with E-state index in [9.17, 15) is 19.2 Å². The molecule has 0 aliphatic heterocycles. The van der Waals surface area contributed by atoms with Crippen LogP contribution in [-0.2, 0) is 30.3 Å². The Morgan fingerprint density at radius 3 is 2.24 bits per heavy atom. The van der Waals surface area contributed by atoms with Crippen LogP contribution in [0.3, 0.4) is 0 Å². The second-order valence-electron chi connectivity index (χ2n) is 8.95. The highest BCUT2D eigenvalue weighted by Crippen LogP contribution is 2.14. The molecule has 0 saturated heterocycles. The summed E-state index contributed by atoms with van der Waals surface area (Å²) in [6.07, 6.45) is 4.15. The summed E-state index contributed by atoms with van der Waals surface area (Å²) in [5.41, 5.74) is 0.478. The standard InChI is InChI=1S/C25H38N2O6/c1-6-7-11-20(23(30)26-17-22(29)33-25(2,3)4)27-24(31)21(28)12-9-8-10-18-13-15-19(32-5)16-14-18/h13-16,20H,6-12,17H2,1-5H3,(H,26,30)(H,27,31)/t20-/m0/s1. The van der Waals surface area contributed by atoms with E-state index in [1.165, 1.54) is 0 Å². The van der Waals surface area contributed by atoms with E-state index in [1.54, 1.807) is 27.9 Å². The minimum absolute atomic E-state index is 0.113. The summed E-state index contributed by atoms with van der Waals surface area (Å²) in [4.78, 5) is 48.9. The van der Waals surface area contributed by atoms with Gasteiger partial charge in [0.15, 0.2) is 0 Å². The third-order valence-corrected chi connectivity index (χ3v) is 4.83. The fourth-order valence-corrected chi connectivity index (χ4v) is 3.10.